The van der Waals surface area contributed by atoms with Crippen molar-refractivity contribution in [2.24, 2.45) is 0 Å². The number of benzene rings is 3. The zero-order valence-electron chi connectivity index (χ0n) is 17.4. The summed E-state index contributed by atoms with van der Waals surface area (Å²) in [5.74, 6) is 0. The molecule has 0 amide bonds. The maximum absolute atomic E-state index is 9.72. The van der Waals surface area contributed by atoms with Crippen molar-refractivity contribution >= 4 is 0 Å². The predicted molar refractivity (Wildman–Crippen MR) is 122 cm³/mol. The fourth-order valence-electron chi connectivity index (χ4n) is 3.57. The van der Waals surface area contributed by atoms with Crippen molar-refractivity contribution in [2.75, 3.05) is 13.2 Å². The summed E-state index contributed by atoms with van der Waals surface area (Å²) in [5, 5.41) is 26.4. The molecule has 3 aromatic carbocycles. The predicted octanol–water partition coefficient (Wildman–Crippen LogP) is 3.07. The number of rotatable bonds is 12. The molecule has 158 valence electrons. The Morgan fingerprint density at radius 2 is 0.933 bits per heavy atom. The standard InChI is InChI=1S/C26H32N2O2/c29-19-25(15-21-8-3-1-4-9-21)27-17-23-12-7-13-24(14-23)18-28-26(20-30)16-22-10-5-2-6-11-22/h1-14,25-30H,15-20H2/t25-,26-/m0/s1. The topological polar surface area (TPSA) is 64.5 Å². The van der Waals surface area contributed by atoms with Crippen molar-refractivity contribution in [3.8, 4) is 0 Å². The van der Waals surface area contributed by atoms with Crippen LogP contribution < -0.4 is 10.6 Å². The summed E-state index contributed by atoms with van der Waals surface area (Å²) >= 11 is 0. The summed E-state index contributed by atoms with van der Waals surface area (Å²) in [6, 6.07) is 28.9. The van der Waals surface area contributed by atoms with Crippen molar-refractivity contribution in [3.63, 3.8) is 0 Å². The molecule has 4 heteroatoms. The first-order valence-corrected chi connectivity index (χ1v) is 10.6. The molecule has 30 heavy (non-hydrogen) atoms. The maximum Gasteiger partial charge on any atom is 0.0587 e. The Labute approximate surface area is 179 Å². The van der Waals surface area contributed by atoms with Gasteiger partial charge in [-0.2, -0.15) is 0 Å². The van der Waals surface area contributed by atoms with Crippen LogP contribution >= 0.6 is 0 Å². The fraction of sp³-hybridized carbons (Fsp3) is 0.308. The van der Waals surface area contributed by atoms with Crippen LogP contribution in [-0.4, -0.2) is 35.5 Å². The summed E-state index contributed by atoms with van der Waals surface area (Å²) in [6.07, 6.45) is 1.60. The average molecular weight is 405 g/mol. The van der Waals surface area contributed by atoms with Crippen LogP contribution in [0.5, 0.6) is 0 Å². The molecule has 0 spiro atoms. The Morgan fingerprint density at radius 1 is 0.533 bits per heavy atom. The lowest BCUT2D eigenvalue weighted by molar-refractivity contribution is 0.240. The lowest BCUT2D eigenvalue weighted by atomic mass is 10.0. The van der Waals surface area contributed by atoms with Crippen molar-refractivity contribution < 1.29 is 10.2 Å². The van der Waals surface area contributed by atoms with Gasteiger partial charge in [-0.25, -0.2) is 0 Å². The van der Waals surface area contributed by atoms with Crippen molar-refractivity contribution in [1.82, 2.24) is 10.6 Å². The average Bonchev–Trinajstić information content (AvgIpc) is 2.81. The van der Waals surface area contributed by atoms with E-state index in [1.54, 1.807) is 0 Å². The largest absolute Gasteiger partial charge is 0.395 e. The Bertz CT molecular complexity index is 786. The molecular formula is C26H32N2O2. The Morgan fingerprint density at radius 3 is 1.33 bits per heavy atom. The second-order valence-corrected chi connectivity index (χ2v) is 7.72. The molecule has 0 saturated heterocycles. The third kappa shape index (κ3) is 7.39. The highest BCUT2D eigenvalue weighted by atomic mass is 16.3. The molecule has 2 atom stereocenters. The van der Waals surface area contributed by atoms with Crippen LogP contribution in [0.2, 0.25) is 0 Å². The van der Waals surface area contributed by atoms with E-state index in [-0.39, 0.29) is 25.3 Å². The fourth-order valence-corrected chi connectivity index (χ4v) is 3.57. The monoisotopic (exact) mass is 404 g/mol. The molecule has 0 unspecified atom stereocenters. The van der Waals surface area contributed by atoms with Gasteiger partial charge in [-0.1, -0.05) is 84.9 Å². The first-order chi connectivity index (χ1) is 14.8. The van der Waals surface area contributed by atoms with Gasteiger partial charge in [0.25, 0.3) is 0 Å². The van der Waals surface area contributed by atoms with Gasteiger partial charge in [0.1, 0.15) is 0 Å². The highest BCUT2D eigenvalue weighted by Gasteiger charge is 2.10. The van der Waals surface area contributed by atoms with Crippen LogP contribution in [-0.2, 0) is 25.9 Å². The maximum atomic E-state index is 9.72. The minimum Gasteiger partial charge on any atom is -0.395 e. The molecule has 3 rings (SSSR count). The molecular weight excluding hydrogens is 372 g/mol. The van der Waals surface area contributed by atoms with Gasteiger partial charge in [-0.15, -0.1) is 0 Å². The molecule has 0 aliphatic carbocycles. The molecule has 4 N–H and O–H groups in total. The number of hydrogen-bond acceptors (Lipinski definition) is 4. The van der Waals surface area contributed by atoms with Crippen LogP contribution in [0.15, 0.2) is 84.9 Å². The van der Waals surface area contributed by atoms with Crippen LogP contribution in [0, 0.1) is 0 Å². The molecule has 0 aromatic heterocycles. The third-order valence-electron chi connectivity index (χ3n) is 5.27. The van der Waals surface area contributed by atoms with Crippen LogP contribution in [0.1, 0.15) is 22.3 Å². The van der Waals surface area contributed by atoms with E-state index in [0.717, 1.165) is 12.8 Å². The first-order valence-electron chi connectivity index (χ1n) is 10.6. The zero-order chi connectivity index (χ0) is 21.0. The quantitative estimate of drug-likeness (QED) is 0.375. The highest BCUT2D eigenvalue weighted by Crippen LogP contribution is 2.09. The highest BCUT2D eigenvalue weighted by molar-refractivity contribution is 5.24. The number of aliphatic hydroxyl groups is 2. The molecule has 3 aromatic rings. The number of hydrogen-bond donors (Lipinski definition) is 4. The molecule has 0 saturated carbocycles. The molecule has 4 nitrogen and oxygen atoms in total. The van der Waals surface area contributed by atoms with Gasteiger partial charge in [-0.05, 0) is 35.1 Å². The van der Waals surface area contributed by atoms with Gasteiger partial charge >= 0.3 is 0 Å². The van der Waals surface area contributed by atoms with Gasteiger partial charge in [0.05, 0.1) is 13.2 Å². The number of aliphatic hydroxyl groups excluding tert-OH is 2. The Balaban J connectivity index is 1.49. The van der Waals surface area contributed by atoms with Crippen molar-refractivity contribution in [3.05, 3.63) is 107 Å². The smallest absolute Gasteiger partial charge is 0.0587 e. The van der Waals surface area contributed by atoms with E-state index in [0.29, 0.717) is 13.1 Å². The summed E-state index contributed by atoms with van der Waals surface area (Å²) in [7, 11) is 0. The Kier molecular flexibility index (Phi) is 9.06. The second-order valence-electron chi connectivity index (χ2n) is 7.72. The van der Waals surface area contributed by atoms with E-state index < -0.39 is 0 Å². The lowest BCUT2D eigenvalue weighted by Gasteiger charge is -2.18. The van der Waals surface area contributed by atoms with E-state index in [1.165, 1.54) is 22.3 Å². The van der Waals surface area contributed by atoms with E-state index in [9.17, 15) is 10.2 Å². The van der Waals surface area contributed by atoms with Crippen LogP contribution in [0.4, 0.5) is 0 Å². The van der Waals surface area contributed by atoms with E-state index in [4.69, 9.17) is 0 Å². The van der Waals surface area contributed by atoms with E-state index in [2.05, 4.69) is 59.2 Å². The van der Waals surface area contributed by atoms with Gasteiger partial charge in [0.2, 0.25) is 0 Å². The van der Waals surface area contributed by atoms with Crippen LogP contribution in [0.25, 0.3) is 0 Å². The summed E-state index contributed by atoms with van der Waals surface area (Å²) in [6.45, 7) is 1.63. The van der Waals surface area contributed by atoms with Gasteiger partial charge in [0, 0.05) is 25.2 Å². The molecule has 0 bridgehead atoms. The summed E-state index contributed by atoms with van der Waals surface area (Å²) in [5.41, 5.74) is 4.81. The first kappa shape index (κ1) is 22.2. The van der Waals surface area contributed by atoms with Crippen molar-refractivity contribution in [1.29, 1.82) is 0 Å². The molecule has 0 heterocycles. The van der Waals surface area contributed by atoms with Crippen LogP contribution in [0.3, 0.4) is 0 Å². The zero-order valence-corrected chi connectivity index (χ0v) is 17.4. The van der Waals surface area contributed by atoms with E-state index in [1.807, 2.05) is 36.4 Å². The molecule has 0 fully saturated rings. The minimum atomic E-state index is 0.0267. The normalized spacial score (nSPS) is 13.1. The molecule has 0 aliphatic heterocycles. The van der Waals surface area contributed by atoms with Gasteiger partial charge in [0.15, 0.2) is 0 Å². The van der Waals surface area contributed by atoms with E-state index >= 15 is 0 Å². The molecule has 0 aliphatic rings. The van der Waals surface area contributed by atoms with Gasteiger partial charge < -0.3 is 20.8 Å². The van der Waals surface area contributed by atoms with Crippen molar-refractivity contribution in [2.45, 2.75) is 38.0 Å². The van der Waals surface area contributed by atoms with Gasteiger partial charge in [-0.3, -0.25) is 0 Å². The third-order valence-corrected chi connectivity index (χ3v) is 5.27. The SMILES string of the molecule is OC[C@H](Cc1ccccc1)NCc1cccc(CN[C@H](CO)Cc2ccccc2)c1. The summed E-state index contributed by atoms with van der Waals surface area (Å²) < 4.78 is 0. The minimum absolute atomic E-state index is 0.0267. The lowest BCUT2D eigenvalue weighted by Crippen LogP contribution is -2.34. The second kappa shape index (κ2) is 12.3. The summed E-state index contributed by atoms with van der Waals surface area (Å²) in [4.78, 5) is 0. The number of nitrogens with one attached hydrogen (secondary N) is 2. The Hall–Kier alpha value is -2.50. The molecule has 0 radical (unpaired) electrons.